The molecule has 2 aromatic heterocycles. The van der Waals surface area contributed by atoms with E-state index in [1.54, 1.807) is 55.4 Å². The molecule has 0 aliphatic rings. The van der Waals surface area contributed by atoms with Crippen LogP contribution in [-0.2, 0) is 6.54 Å². The zero-order valence-electron chi connectivity index (χ0n) is 17.0. The first-order valence-electron chi connectivity index (χ1n) is 9.45. The minimum absolute atomic E-state index is 0.311. The highest BCUT2D eigenvalue weighted by Crippen LogP contribution is 2.26. The fourth-order valence-corrected chi connectivity index (χ4v) is 3.23. The summed E-state index contributed by atoms with van der Waals surface area (Å²) in [5.41, 5.74) is 3.00. The highest BCUT2D eigenvalue weighted by Gasteiger charge is 2.13. The van der Waals surface area contributed by atoms with Gasteiger partial charge in [-0.3, -0.25) is 4.79 Å². The number of carbonyl (C=O) groups is 1. The number of anilines is 1. The number of hydrogen-bond acceptors (Lipinski definition) is 6. The third-order valence-corrected chi connectivity index (χ3v) is 4.80. The number of aromatic nitrogens is 3. The van der Waals surface area contributed by atoms with Gasteiger partial charge in [0.1, 0.15) is 11.5 Å². The average Bonchev–Trinajstić information content (AvgIpc) is 3.21. The quantitative estimate of drug-likeness (QED) is 0.518. The Morgan fingerprint density at radius 1 is 1.13 bits per heavy atom. The number of nitrogens with zero attached hydrogens (tertiary/aromatic N) is 4. The zero-order valence-corrected chi connectivity index (χ0v) is 17.0. The molecule has 2 heterocycles. The van der Waals surface area contributed by atoms with Crippen molar-refractivity contribution in [3.63, 3.8) is 0 Å². The Bertz CT molecular complexity index is 1310. The van der Waals surface area contributed by atoms with Gasteiger partial charge in [-0.05, 0) is 36.4 Å². The molecular weight excluding hydrogens is 394 g/mol. The van der Waals surface area contributed by atoms with Gasteiger partial charge in [0.05, 0.1) is 44.2 Å². The third kappa shape index (κ3) is 4.16. The van der Waals surface area contributed by atoms with E-state index >= 15 is 0 Å². The average molecular weight is 413 g/mol. The number of methoxy groups -OCH3 is 2. The van der Waals surface area contributed by atoms with E-state index in [2.05, 4.69) is 21.5 Å². The van der Waals surface area contributed by atoms with Crippen molar-refractivity contribution in [3.8, 4) is 17.6 Å². The molecule has 0 atom stereocenters. The second kappa shape index (κ2) is 8.55. The van der Waals surface area contributed by atoms with E-state index in [1.807, 2.05) is 18.2 Å². The Morgan fingerprint density at radius 3 is 2.77 bits per heavy atom. The highest BCUT2D eigenvalue weighted by molar-refractivity contribution is 6.05. The number of benzene rings is 2. The Kier molecular flexibility index (Phi) is 5.49. The van der Waals surface area contributed by atoms with Crippen LogP contribution in [0.3, 0.4) is 0 Å². The molecule has 0 bridgehead atoms. The Labute approximate surface area is 178 Å². The first-order valence-corrected chi connectivity index (χ1v) is 9.45. The smallest absolute Gasteiger partial charge is 0.257 e. The molecule has 0 saturated carbocycles. The summed E-state index contributed by atoms with van der Waals surface area (Å²) in [6.07, 6.45) is 3.18. The second-order valence-electron chi connectivity index (χ2n) is 6.76. The van der Waals surface area contributed by atoms with Crippen molar-refractivity contribution in [1.82, 2.24) is 14.8 Å². The molecule has 0 aliphatic heterocycles. The molecule has 0 radical (unpaired) electrons. The van der Waals surface area contributed by atoms with E-state index in [0.717, 1.165) is 10.9 Å². The number of nitriles is 1. The molecule has 1 N–H and O–H groups in total. The lowest BCUT2D eigenvalue weighted by molar-refractivity contribution is 0.102. The van der Waals surface area contributed by atoms with Gasteiger partial charge in [-0.15, -0.1) is 0 Å². The lowest BCUT2D eigenvalue weighted by atomic mass is 10.2. The maximum absolute atomic E-state index is 12.6. The topological polar surface area (TPSA) is 102 Å². The second-order valence-corrected chi connectivity index (χ2v) is 6.76. The van der Waals surface area contributed by atoms with Crippen molar-refractivity contribution in [2.75, 3.05) is 19.5 Å². The maximum Gasteiger partial charge on any atom is 0.257 e. The van der Waals surface area contributed by atoms with Gasteiger partial charge in [-0.25, -0.2) is 9.67 Å². The number of amides is 1. The van der Waals surface area contributed by atoms with Gasteiger partial charge in [0.15, 0.2) is 5.65 Å². The summed E-state index contributed by atoms with van der Waals surface area (Å²) >= 11 is 0. The van der Waals surface area contributed by atoms with Crippen molar-refractivity contribution in [3.05, 3.63) is 77.6 Å². The molecule has 2 aromatic carbocycles. The molecular formula is C23H19N5O3. The van der Waals surface area contributed by atoms with Gasteiger partial charge in [0.25, 0.3) is 5.91 Å². The van der Waals surface area contributed by atoms with Crippen molar-refractivity contribution in [2.45, 2.75) is 6.54 Å². The predicted molar refractivity (Wildman–Crippen MR) is 115 cm³/mol. The van der Waals surface area contributed by atoms with E-state index in [-0.39, 0.29) is 5.91 Å². The van der Waals surface area contributed by atoms with Crippen LogP contribution in [0.4, 0.5) is 5.69 Å². The van der Waals surface area contributed by atoms with Gasteiger partial charge >= 0.3 is 0 Å². The van der Waals surface area contributed by atoms with Crippen LogP contribution in [0.2, 0.25) is 0 Å². The first kappa shape index (κ1) is 19.9. The van der Waals surface area contributed by atoms with Crippen LogP contribution in [0.1, 0.15) is 21.5 Å². The van der Waals surface area contributed by atoms with E-state index in [0.29, 0.717) is 40.5 Å². The van der Waals surface area contributed by atoms with Gasteiger partial charge in [0.2, 0.25) is 0 Å². The monoisotopic (exact) mass is 413 g/mol. The normalized spacial score (nSPS) is 10.5. The van der Waals surface area contributed by atoms with E-state index in [4.69, 9.17) is 14.7 Å². The number of ether oxygens (including phenoxy) is 2. The standard InChI is InChI=1S/C23H19N5O3/c1-30-20-7-6-16(21(10-20)31-2)14-28-22-17(13-26-28)9-18(12-25-22)23(29)27-19-5-3-4-15(8-19)11-24/h3-10,12-13H,14H2,1-2H3,(H,27,29). The Morgan fingerprint density at radius 2 is 2.00 bits per heavy atom. The van der Waals surface area contributed by atoms with Crippen LogP contribution in [-0.4, -0.2) is 34.9 Å². The summed E-state index contributed by atoms with van der Waals surface area (Å²) in [5.74, 6) is 1.09. The van der Waals surface area contributed by atoms with Gasteiger partial charge in [-0.2, -0.15) is 10.4 Å². The van der Waals surface area contributed by atoms with E-state index < -0.39 is 0 Å². The molecule has 4 aromatic rings. The lowest BCUT2D eigenvalue weighted by Crippen LogP contribution is -2.12. The van der Waals surface area contributed by atoms with Crippen LogP contribution in [0.5, 0.6) is 11.5 Å². The van der Waals surface area contributed by atoms with Gasteiger partial charge in [-0.1, -0.05) is 6.07 Å². The fourth-order valence-electron chi connectivity index (χ4n) is 3.23. The van der Waals surface area contributed by atoms with E-state index in [9.17, 15) is 4.79 Å². The van der Waals surface area contributed by atoms with Gasteiger partial charge < -0.3 is 14.8 Å². The molecule has 154 valence electrons. The molecule has 0 saturated heterocycles. The van der Waals surface area contributed by atoms with Crippen molar-refractivity contribution in [2.24, 2.45) is 0 Å². The van der Waals surface area contributed by atoms with Crippen LogP contribution in [0, 0.1) is 11.3 Å². The molecule has 0 spiro atoms. The molecule has 4 rings (SSSR count). The number of pyridine rings is 1. The third-order valence-electron chi connectivity index (χ3n) is 4.80. The predicted octanol–water partition coefficient (Wildman–Crippen LogP) is 3.62. The summed E-state index contributed by atoms with van der Waals surface area (Å²) in [7, 11) is 3.21. The highest BCUT2D eigenvalue weighted by atomic mass is 16.5. The van der Waals surface area contributed by atoms with Crippen LogP contribution < -0.4 is 14.8 Å². The fraction of sp³-hybridized carbons (Fsp3) is 0.130. The first-order chi connectivity index (χ1) is 15.1. The summed E-state index contributed by atoms with van der Waals surface area (Å²) in [6.45, 7) is 0.455. The molecule has 0 unspecified atom stereocenters. The summed E-state index contributed by atoms with van der Waals surface area (Å²) in [4.78, 5) is 17.1. The summed E-state index contributed by atoms with van der Waals surface area (Å²) < 4.78 is 12.4. The van der Waals surface area contributed by atoms with Crippen molar-refractivity contribution >= 4 is 22.6 Å². The number of nitrogens with one attached hydrogen (secondary N) is 1. The summed E-state index contributed by atoms with van der Waals surface area (Å²) in [5, 5.41) is 16.9. The molecule has 1 amide bonds. The van der Waals surface area contributed by atoms with Crippen molar-refractivity contribution in [1.29, 1.82) is 5.26 Å². The van der Waals surface area contributed by atoms with Crippen LogP contribution in [0.15, 0.2) is 60.9 Å². The number of hydrogen-bond donors (Lipinski definition) is 1. The van der Waals surface area contributed by atoms with Gasteiger partial charge in [0, 0.05) is 28.9 Å². The Balaban J connectivity index is 1.57. The zero-order chi connectivity index (χ0) is 21.8. The molecule has 8 heteroatoms. The van der Waals surface area contributed by atoms with Crippen molar-refractivity contribution < 1.29 is 14.3 Å². The molecule has 0 aliphatic carbocycles. The van der Waals surface area contributed by atoms with Crippen LogP contribution >= 0.6 is 0 Å². The number of rotatable bonds is 6. The minimum Gasteiger partial charge on any atom is -0.497 e. The van der Waals surface area contributed by atoms with E-state index in [1.165, 1.54) is 6.20 Å². The molecule has 31 heavy (non-hydrogen) atoms. The molecule has 8 nitrogen and oxygen atoms in total. The maximum atomic E-state index is 12.6. The SMILES string of the molecule is COc1ccc(Cn2ncc3cc(C(=O)Nc4cccc(C#N)c4)cnc32)c(OC)c1. The largest absolute Gasteiger partial charge is 0.497 e. The molecule has 0 fully saturated rings. The number of fused-ring (bicyclic) bond motifs is 1. The number of carbonyl (C=O) groups excluding carboxylic acids is 1. The summed E-state index contributed by atoms with van der Waals surface area (Å²) in [6, 6.07) is 16.1. The lowest BCUT2D eigenvalue weighted by Gasteiger charge is -2.11. The minimum atomic E-state index is -0.311. The van der Waals surface area contributed by atoms with Crippen LogP contribution in [0.25, 0.3) is 11.0 Å². The Hall–Kier alpha value is -4.38.